The first-order valence-corrected chi connectivity index (χ1v) is 10.5. The van der Waals surface area contributed by atoms with Gasteiger partial charge in [-0.2, -0.15) is 4.31 Å². The predicted octanol–water partition coefficient (Wildman–Crippen LogP) is 1.12. The molecule has 25 heavy (non-hydrogen) atoms. The summed E-state index contributed by atoms with van der Waals surface area (Å²) in [4.78, 5) is 6.19. The molecule has 0 radical (unpaired) electrons. The van der Waals surface area contributed by atoms with Crippen LogP contribution in [0.2, 0.25) is 0 Å². The molecule has 7 nitrogen and oxygen atoms in total. The number of nitrogens with zero attached hydrogens (tertiary/aromatic N) is 3. The summed E-state index contributed by atoms with van der Waals surface area (Å²) >= 11 is 3.54. The molecule has 0 amide bonds. The van der Waals surface area contributed by atoms with E-state index in [-0.39, 0.29) is 5.75 Å². The second-order valence-corrected chi connectivity index (χ2v) is 8.69. The van der Waals surface area contributed by atoms with Gasteiger partial charge in [0.2, 0.25) is 10.0 Å². The molecule has 0 atom stereocenters. The Morgan fingerprint density at radius 1 is 1.36 bits per heavy atom. The summed E-state index contributed by atoms with van der Waals surface area (Å²) in [6, 6.07) is 7.99. The molecule has 0 aromatic heterocycles. The lowest BCUT2D eigenvalue weighted by atomic mass is 10.2. The van der Waals surface area contributed by atoms with Gasteiger partial charge in [0, 0.05) is 44.7 Å². The molecule has 1 aliphatic heterocycles. The third-order valence-corrected chi connectivity index (χ3v) is 6.59. The average Bonchev–Trinajstić information content (AvgIpc) is 2.61. The van der Waals surface area contributed by atoms with Crippen molar-refractivity contribution in [1.82, 2.24) is 14.5 Å². The Kier molecular flexibility index (Phi) is 7.67. The van der Waals surface area contributed by atoms with Gasteiger partial charge in [0.15, 0.2) is 5.96 Å². The van der Waals surface area contributed by atoms with Gasteiger partial charge in [-0.15, -0.1) is 0 Å². The van der Waals surface area contributed by atoms with E-state index >= 15 is 0 Å². The Labute approximate surface area is 158 Å². The van der Waals surface area contributed by atoms with Crippen LogP contribution < -0.4 is 5.32 Å². The lowest BCUT2D eigenvalue weighted by Gasteiger charge is -2.27. The van der Waals surface area contributed by atoms with Crippen LogP contribution in [0.5, 0.6) is 0 Å². The number of ether oxygens (including phenoxy) is 1. The fourth-order valence-electron chi connectivity index (χ4n) is 2.59. The maximum Gasteiger partial charge on any atom is 0.215 e. The third-order valence-electron chi connectivity index (χ3n) is 3.95. The summed E-state index contributed by atoms with van der Waals surface area (Å²) in [5, 5.41) is 3.13. The molecular formula is C16H25BrN4O3S. The van der Waals surface area contributed by atoms with Gasteiger partial charge in [0.25, 0.3) is 0 Å². The van der Waals surface area contributed by atoms with Gasteiger partial charge < -0.3 is 15.0 Å². The second kappa shape index (κ2) is 9.51. The highest BCUT2D eigenvalue weighted by atomic mass is 79.9. The molecule has 0 aliphatic carbocycles. The summed E-state index contributed by atoms with van der Waals surface area (Å²) in [5.74, 6) is 0.697. The van der Waals surface area contributed by atoms with E-state index < -0.39 is 10.0 Å². The maximum atomic E-state index is 12.3. The van der Waals surface area contributed by atoms with Gasteiger partial charge in [-0.25, -0.2) is 8.42 Å². The Hall–Kier alpha value is -1.16. The molecule has 9 heteroatoms. The van der Waals surface area contributed by atoms with Crippen molar-refractivity contribution in [3.05, 3.63) is 34.3 Å². The largest absolute Gasteiger partial charge is 0.379 e. The van der Waals surface area contributed by atoms with Crippen molar-refractivity contribution in [2.75, 3.05) is 52.7 Å². The molecule has 1 aromatic carbocycles. The fourth-order valence-corrected chi connectivity index (χ4v) is 4.32. The van der Waals surface area contributed by atoms with E-state index in [1.54, 1.807) is 7.05 Å². The molecule has 2 rings (SSSR count). The maximum absolute atomic E-state index is 12.3. The molecule has 1 heterocycles. The summed E-state index contributed by atoms with van der Waals surface area (Å²) in [6.07, 6.45) is 0. The highest BCUT2D eigenvalue weighted by Crippen LogP contribution is 2.17. The zero-order valence-corrected chi connectivity index (χ0v) is 17.0. The fraction of sp³-hybridized carbons (Fsp3) is 0.562. The molecule has 1 saturated heterocycles. The minimum atomic E-state index is -3.27. The van der Waals surface area contributed by atoms with Crippen molar-refractivity contribution in [2.24, 2.45) is 4.99 Å². The number of benzene rings is 1. The van der Waals surface area contributed by atoms with E-state index in [9.17, 15) is 8.42 Å². The van der Waals surface area contributed by atoms with E-state index in [1.807, 2.05) is 36.2 Å². The zero-order chi connectivity index (χ0) is 18.3. The van der Waals surface area contributed by atoms with Gasteiger partial charge in [0.05, 0.1) is 19.0 Å². The number of hydrogen-bond acceptors (Lipinski definition) is 4. The number of guanidine groups is 1. The van der Waals surface area contributed by atoms with Crippen LogP contribution in [0.3, 0.4) is 0 Å². The minimum Gasteiger partial charge on any atom is -0.379 e. The normalized spacial score (nSPS) is 16.7. The number of hydrogen-bond donors (Lipinski definition) is 1. The topological polar surface area (TPSA) is 74.2 Å². The van der Waals surface area contributed by atoms with Crippen LogP contribution in [-0.4, -0.2) is 76.3 Å². The summed E-state index contributed by atoms with van der Waals surface area (Å²) in [5.41, 5.74) is 1.13. The predicted molar refractivity (Wildman–Crippen MR) is 103 cm³/mol. The van der Waals surface area contributed by atoms with Crippen molar-refractivity contribution < 1.29 is 13.2 Å². The SMILES string of the molecule is CN=C(NCCS(=O)(=O)N1CCOCC1)N(C)Cc1ccccc1Br. The molecule has 1 aliphatic rings. The smallest absolute Gasteiger partial charge is 0.215 e. The van der Waals surface area contributed by atoms with Crippen molar-refractivity contribution in [1.29, 1.82) is 0 Å². The van der Waals surface area contributed by atoms with Gasteiger partial charge in [-0.05, 0) is 11.6 Å². The second-order valence-electron chi connectivity index (χ2n) is 5.75. The quantitative estimate of drug-likeness (QED) is 0.538. The van der Waals surface area contributed by atoms with E-state index in [0.717, 1.165) is 10.0 Å². The molecule has 1 aromatic rings. The molecule has 140 valence electrons. The lowest BCUT2D eigenvalue weighted by molar-refractivity contribution is 0.0730. The van der Waals surface area contributed by atoms with Gasteiger partial charge in [-0.1, -0.05) is 34.1 Å². The molecule has 0 spiro atoms. The van der Waals surface area contributed by atoms with E-state index in [0.29, 0.717) is 45.4 Å². The minimum absolute atomic E-state index is 0.0366. The molecule has 0 bridgehead atoms. The van der Waals surface area contributed by atoms with E-state index in [2.05, 4.69) is 26.2 Å². The number of nitrogens with one attached hydrogen (secondary N) is 1. The molecule has 1 N–H and O–H groups in total. The van der Waals surface area contributed by atoms with Crippen LogP contribution in [-0.2, 0) is 21.3 Å². The molecule has 1 fully saturated rings. The van der Waals surface area contributed by atoms with Crippen molar-refractivity contribution in [3.63, 3.8) is 0 Å². The first-order valence-electron chi connectivity index (χ1n) is 8.15. The van der Waals surface area contributed by atoms with E-state index in [1.165, 1.54) is 4.31 Å². The molecular weight excluding hydrogens is 408 g/mol. The van der Waals surface area contributed by atoms with Gasteiger partial charge in [0.1, 0.15) is 0 Å². The van der Waals surface area contributed by atoms with Crippen LogP contribution in [0.4, 0.5) is 0 Å². The van der Waals surface area contributed by atoms with Gasteiger partial charge >= 0.3 is 0 Å². The standard InChI is InChI=1S/C16H25BrN4O3S/c1-18-16(20(2)13-14-5-3-4-6-15(14)17)19-7-12-25(22,23)21-8-10-24-11-9-21/h3-6H,7-13H2,1-2H3,(H,18,19). The number of aliphatic imine (C=N–C) groups is 1. The molecule has 0 unspecified atom stereocenters. The van der Waals surface area contributed by atoms with Crippen LogP contribution >= 0.6 is 15.9 Å². The first-order chi connectivity index (χ1) is 11.9. The van der Waals surface area contributed by atoms with Gasteiger partial charge in [-0.3, -0.25) is 4.99 Å². The van der Waals surface area contributed by atoms with Crippen LogP contribution in [0.1, 0.15) is 5.56 Å². The average molecular weight is 433 g/mol. The Bertz CT molecular complexity index is 690. The summed E-state index contributed by atoms with van der Waals surface area (Å²) < 4.78 is 32.4. The molecule has 0 saturated carbocycles. The Morgan fingerprint density at radius 2 is 2.04 bits per heavy atom. The summed E-state index contributed by atoms with van der Waals surface area (Å²) in [7, 11) is 0.343. The monoisotopic (exact) mass is 432 g/mol. The van der Waals surface area contributed by atoms with Crippen LogP contribution in [0.15, 0.2) is 33.7 Å². The van der Waals surface area contributed by atoms with E-state index in [4.69, 9.17) is 4.74 Å². The number of rotatable bonds is 6. The highest BCUT2D eigenvalue weighted by Gasteiger charge is 2.24. The Balaban J connectivity index is 1.86. The highest BCUT2D eigenvalue weighted by molar-refractivity contribution is 9.10. The van der Waals surface area contributed by atoms with Crippen molar-refractivity contribution >= 4 is 31.9 Å². The third kappa shape index (κ3) is 5.95. The Morgan fingerprint density at radius 3 is 2.68 bits per heavy atom. The zero-order valence-electron chi connectivity index (χ0n) is 14.6. The number of halogens is 1. The van der Waals surface area contributed by atoms with Crippen LogP contribution in [0.25, 0.3) is 0 Å². The van der Waals surface area contributed by atoms with Crippen molar-refractivity contribution in [2.45, 2.75) is 6.54 Å². The van der Waals surface area contributed by atoms with Crippen LogP contribution in [0, 0.1) is 0 Å². The lowest BCUT2D eigenvalue weighted by Crippen LogP contribution is -2.45. The first kappa shape index (κ1) is 20.2. The number of morpholine rings is 1. The van der Waals surface area contributed by atoms with Crippen molar-refractivity contribution in [3.8, 4) is 0 Å². The number of sulfonamides is 1. The summed E-state index contributed by atoms with van der Waals surface area (Å²) in [6.45, 7) is 2.76.